The highest BCUT2D eigenvalue weighted by molar-refractivity contribution is 5.84. The normalized spacial score (nSPS) is 18.0. The summed E-state index contributed by atoms with van der Waals surface area (Å²) in [5.74, 6) is 0.444. The van der Waals surface area contributed by atoms with Crippen molar-refractivity contribution in [3.63, 3.8) is 0 Å². The van der Waals surface area contributed by atoms with Gasteiger partial charge in [-0.3, -0.25) is 5.01 Å². The average molecular weight is 331 g/mol. The Labute approximate surface area is 147 Å². The van der Waals surface area contributed by atoms with Crippen molar-refractivity contribution in [2.45, 2.75) is 91.6 Å². The Balaban J connectivity index is 2.51. The molecular formula is C21H34N2O. The van der Waals surface area contributed by atoms with E-state index in [0.717, 1.165) is 24.1 Å². The van der Waals surface area contributed by atoms with Gasteiger partial charge in [-0.25, -0.2) is 0 Å². The van der Waals surface area contributed by atoms with E-state index >= 15 is 0 Å². The van der Waals surface area contributed by atoms with Crippen LogP contribution in [0.2, 0.25) is 0 Å². The molecule has 24 heavy (non-hydrogen) atoms. The minimum atomic E-state index is -0.0974. The van der Waals surface area contributed by atoms with Crippen LogP contribution in [0.25, 0.3) is 0 Å². The van der Waals surface area contributed by atoms with Crippen molar-refractivity contribution in [3.05, 3.63) is 28.8 Å². The van der Waals surface area contributed by atoms with E-state index < -0.39 is 0 Å². The Morgan fingerprint density at radius 2 is 1.50 bits per heavy atom. The predicted octanol–water partition coefficient (Wildman–Crippen LogP) is 5.35. The fraction of sp³-hybridized carbons (Fsp3) is 0.667. The number of benzene rings is 1. The van der Waals surface area contributed by atoms with Gasteiger partial charge in [0.2, 0.25) is 0 Å². The molecule has 2 rings (SSSR count). The molecule has 1 heterocycles. The second kappa shape index (κ2) is 5.79. The van der Waals surface area contributed by atoms with Crippen molar-refractivity contribution in [2.24, 2.45) is 5.10 Å². The highest BCUT2D eigenvalue weighted by Crippen LogP contribution is 2.40. The Morgan fingerprint density at radius 1 is 1.04 bits per heavy atom. The van der Waals surface area contributed by atoms with Gasteiger partial charge < -0.3 is 5.11 Å². The summed E-state index contributed by atoms with van der Waals surface area (Å²) >= 11 is 0. The van der Waals surface area contributed by atoms with Gasteiger partial charge in [0.25, 0.3) is 0 Å². The molecule has 1 N–H and O–H groups in total. The summed E-state index contributed by atoms with van der Waals surface area (Å²) in [6.07, 6.45) is 1.00. The molecule has 0 saturated carbocycles. The molecule has 1 aliphatic heterocycles. The first-order chi connectivity index (χ1) is 10.7. The van der Waals surface area contributed by atoms with Crippen LogP contribution in [0.15, 0.2) is 17.2 Å². The van der Waals surface area contributed by atoms with Gasteiger partial charge >= 0.3 is 0 Å². The van der Waals surface area contributed by atoms with Crippen LogP contribution in [0, 0.1) is 0 Å². The summed E-state index contributed by atoms with van der Waals surface area (Å²) in [5.41, 5.74) is 4.29. The molecule has 0 bridgehead atoms. The quantitative estimate of drug-likeness (QED) is 0.793. The molecule has 3 nitrogen and oxygen atoms in total. The molecule has 1 aromatic carbocycles. The Bertz CT molecular complexity index is 622. The molecule has 0 aliphatic carbocycles. The van der Waals surface area contributed by atoms with E-state index in [2.05, 4.69) is 79.5 Å². The molecule has 0 spiro atoms. The zero-order chi connectivity index (χ0) is 18.5. The SMILES string of the molecule is CC1=NN(Cc2cc(C(C)(C)C)c(O)c(C(C)(C)C)c2)C(C)(C)C1. The number of rotatable bonds is 2. The van der Waals surface area contributed by atoms with Crippen molar-refractivity contribution in [1.29, 1.82) is 0 Å². The fourth-order valence-corrected chi connectivity index (χ4v) is 3.45. The van der Waals surface area contributed by atoms with E-state index in [0.29, 0.717) is 5.75 Å². The maximum absolute atomic E-state index is 10.8. The second-order valence-corrected chi connectivity index (χ2v) is 9.92. The number of aromatic hydroxyl groups is 1. The van der Waals surface area contributed by atoms with Crippen LogP contribution in [0.4, 0.5) is 0 Å². The highest BCUT2D eigenvalue weighted by Gasteiger charge is 2.33. The summed E-state index contributed by atoms with van der Waals surface area (Å²) in [5, 5.41) is 17.8. The van der Waals surface area contributed by atoms with Gasteiger partial charge in [-0.1, -0.05) is 41.5 Å². The molecule has 134 valence electrons. The second-order valence-electron chi connectivity index (χ2n) is 9.92. The fourth-order valence-electron chi connectivity index (χ4n) is 3.45. The van der Waals surface area contributed by atoms with Crippen LogP contribution >= 0.6 is 0 Å². The van der Waals surface area contributed by atoms with Gasteiger partial charge in [0.05, 0.1) is 12.1 Å². The number of phenols is 1. The molecule has 0 fully saturated rings. The first kappa shape index (κ1) is 18.8. The predicted molar refractivity (Wildman–Crippen MR) is 103 cm³/mol. The Kier molecular flexibility index (Phi) is 4.54. The Morgan fingerprint density at radius 3 is 1.83 bits per heavy atom. The van der Waals surface area contributed by atoms with Crippen molar-refractivity contribution in [3.8, 4) is 5.75 Å². The van der Waals surface area contributed by atoms with E-state index in [1.807, 2.05) is 0 Å². The van der Waals surface area contributed by atoms with E-state index in [9.17, 15) is 5.11 Å². The van der Waals surface area contributed by atoms with Crippen LogP contribution in [0.3, 0.4) is 0 Å². The summed E-state index contributed by atoms with van der Waals surface area (Å²) < 4.78 is 0. The minimum Gasteiger partial charge on any atom is -0.507 e. The number of hydrogen-bond donors (Lipinski definition) is 1. The maximum atomic E-state index is 10.8. The van der Waals surface area contributed by atoms with E-state index in [1.165, 1.54) is 11.3 Å². The third kappa shape index (κ3) is 3.76. The summed E-state index contributed by atoms with van der Waals surface area (Å²) in [7, 11) is 0. The molecule has 0 radical (unpaired) electrons. The van der Waals surface area contributed by atoms with Gasteiger partial charge in [0.1, 0.15) is 5.75 Å². The topological polar surface area (TPSA) is 35.8 Å². The van der Waals surface area contributed by atoms with Gasteiger partial charge in [-0.15, -0.1) is 0 Å². The van der Waals surface area contributed by atoms with Crippen LogP contribution in [0.5, 0.6) is 5.75 Å². The van der Waals surface area contributed by atoms with Gasteiger partial charge in [-0.05, 0) is 60.4 Å². The number of nitrogens with zero attached hydrogens (tertiary/aromatic N) is 2. The third-order valence-corrected chi connectivity index (χ3v) is 4.80. The molecule has 0 aromatic heterocycles. The number of phenolic OH excluding ortho intramolecular Hbond substituents is 1. The lowest BCUT2D eigenvalue weighted by Gasteiger charge is -2.33. The molecular weight excluding hydrogens is 296 g/mol. The van der Waals surface area contributed by atoms with Crippen molar-refractivity contribution >= 4 is 5.71 Å². The van der Waals surface area contributed by atoms with E-state index in [1.54, 1.807) is 0 Å². The minimum absolute atomic E-state index is 0.0474. The van der Waals surface area contributed by atoms with E-state index in [4.69, 9.17) is 5.10 Å². The first-order valence-electron chi connectivity index (χ1n) is 8.90. The standard InChI is InChI=1S/C21H34N2O/c1-14-12-21(8,9)23(22-14)13-15-10-16(19(2,3)4)18(24)17(11-15)20(5,6)7/h10-11,24H,12-13H2,1-9H3. The van der Waals surface area contributed by atoms with Crippen molar-refractivity contribution < 1.29 is 5.11 Å². The summed E-state index contributed by atoms with van der Waals surface area (Å²) in [6.45, 7) is 20.3. The maximum Gasteiger partial charge on any atom is 0.123 e. The van der Waals surface area contributed by atoms with Gasteiger partial charge in [0.15, 0.2) is 0 Å². The zero-order valence-electron chi connectivity index (χ0n) is 16.9. The van der Waals surface area contributed by atoms with Gasteiger partial charge in [-0.2, -0.15) is 5.10 Å². The largest absolute Gasteiger partial charge is 0.507 e. The lowest BCUT2D eigenvalue weighted by atomic mass is 9.78. The van der Waals surface area contributed by atoms with Gasteiger partial charge in [0, 0.05) is 12.1 Å². The number of hydrazone groups is 1. The van der Waals surface area contributed by atoms with Crippen molar-refractivity contribution in [2.75, 3.05) is 0 Å². The number of hydrogen-bond acceptors (Lipinski definition) is 3. The lowest BCUT2D eigenvalue weighted by Crippen LogP contribution is -2.36. The molecule has 0 amide bonds. The molecule has 3 heteroatoms. The molecule has 0 unspecified atom stereocenters. The third-order valence-electron chi connectivity index (χ3n) is 4.80. The Hall–Kier alpha value is -1.51. The first-order valence-corrected chi connectivity index (χ1v) is 8.90. The smallest absolute Gasteiger partial charge is 0.123 e. The van der Waals surface area contributed by atoms with Crippen LogP contribution in [0.1, 0.15) is 85.4 Å². The average Bonchev–Trinajstić information content (AvgIpc) is 2.61. The molecule has 1 aliphatic rings. The van der Waals surface area contributed by atoms with E-state index in [-0.39, 0.29) is 16.4 Å². The monoisotopic (exact) mass is 330 g/mol. The lowest BCUT2D eigenvalue weighted by molar-refractivity contribution is 0.144. The summed E-state index contributed by atoms with van der Waals surface area (Å²) in [6, 6.07) is 4.31. The highest BCUT2D eigenvalue weighted by atomic mass is 16.3. The molecule has 1 aromatic rings. The molecule has 0 saturated heterocycles. The zero-order valence-corrected chi connectivity index (χ0v) is 16.9. The molecule has 0 atom stereocenters. The van der Waals surface area contributed by atoms with Crippen LogP contribution in [-0.2, 0) is 17.4 Å². The van der Waals surface area contributed by atoms with Crippen molar-refractivity contribution in [1.82, 2.24) is 5.01 Å². The van der Waals surface area contributed by atoms with Crippen LogP contribution < -0.4 is 0 Å². The van der Waals surface area contributed by atoms with Crippen LogP contribution in [-0.4, -0.2) is 21.4 Å². The summed E-state index contributed by atoms with van der Waals surface area (Å²) in [4.78, 5) is 0.